The Morgan fingerprint density at radius 3 is 2.59 bits per heavy atom. The molecular weight excluding hydrogens is 232 g/mol. The van der Waals surface area contributed by atoms with Crippen molar-refractivity contribution in [2.75, 3.05) is 6.54 Å². The van der Waals surface area contributed by atoms with Crippen LogP contribution >= 0.6 is 11.3 Å². The van der Waals surface area contributed by atoms with Gasteiger partial charge in [0.2, 0.25) is 0 Å². The average Bonchev–Trinajstić information content (AvgIpc) is 2.59. The van der Waals surface area contributed by atoms with Gasteiger partial charge in [-0.2, -0.15) is 0 Å². The monoisotopic (exact) mass is 256 g/mol. The molecule has 0 aliphatic rings. The minimum Gasteiger partial charge on any atom is -0.389 e. The van der Waals surface area contributed by atoms with Crippen LogP contribution in [0.1, 0.15) is 50.7 Å². The van der Waals surface area contributed by atoms with Gasteiger partial charge in [-0.1, -0.05) is 13.8 Å². The van der Waals surface area contributed by atoms with E-state index in [9.17, 15) is 5.11 Å². The normalized spacial score (nSPS) is 17.1. The van der Waals surface area contributed by atoms with Gasteiger partial charge in [-0.15, -0.1) is 11.3 Å². The van der Waals surface area contributed by atoms with Crippen LogP contribution in [0, 0.1) is 12.8 Å². The lowest BCUT2D eigenvalue weighted by atomic mass is 9.94. The molecule has 3 nitrogen and oxygen atoms in total. The fourth-order valence-electron chi connectivity index (χ4n) is 2.14. The Kier molecular flexibility index (Phi) is 5.10. The predicted molar refractivity (Wildman–Crippen MR) is 73.3 cm³/mol. The van der Waals surface area contributed by atoms with Crippen LogP contribution in [-0.2, 0) is 0 Å². The van der Waals surface area contributed by atoms with E-state index in [1.165, 1.54) is 4.88 Å². The van der Waals surface area contributed by atoms with Gasteiger partial charge >= 0.3 is 0 Å². The maximum atomic E-state index is 10.2. The summed E-state index contributed by atoms with van der Waals surface area (Å²) in [6.45, 7) is 10.9. The maximum absolute atomic E-state index is 10.2. The molecule has 1 aromatic rings. The van der Waals surface area contributed by atoms with Crippen molar-refractivity contribution in [1.82, 2.24) is 10.3 Å². The van der Waals surface area contributed by atoms with Crippen LogP contribution in [0.4, 0.5) is 0 Å². The topological polar surface area (TPSA) is 45.2 Å². The van der Waals surface area contributed by atoms with Gasteiger partial charge in [0.1, 0.15) is 0 Å². The number of nitrogens with zero attached hydrogens (tertiary/aromatic N) is 1. The van der Waals surface area contributed by atoms with Gasteiger partial charge in [0.25, 0.3) is 0 Å². The number of aromatic nitrogens is 1. The SMILES string of the molecule is Cc1ncsc1C(C)NCC(C)(O)CC(C)C. The van der Waals surface area contributed by atoms with Crippen LogP contribution in [-0.4, -0.2) is 22.2 Å². The summed E-state index contributed by atoms with van der Waals surface area (Å²) < 4.78 is 0. The number of nitrogens with one attached hydrogen (secondary N) is 1. The van der Waals surface area contributed by atoms with Crippen LogP contribution < -0.4 is 5.32 Å². The summed E-state index contributed by atoms with van der Waals surface area (Å²) in [6, 6.07) is 0.251. The molecule has 2 N–H and O–H groups in total. The number of hydrogen-bond acceptors (Lipinski definition) is 4. The highest BCUT2D eigenvalue weighted by Crippen LogP contribution is 2.22. The van der Waals surface area contributed by atoms with E-state index >= 15 is 0 Å². The molecule has 0 aliphatic carbocycles. The lowest BCUT2D eigenvalue weighted by Crippen LogP contribution is -2.39. The van der Waals surface area contributed by atoms with Crippen LogP contribution in [0.3, 0.4) is 0 Å². The van der Waals surface area contributed by atoms with Gasteiger partial charge in [-0.3, -0.25) is 0 Å². The largest absolute Gasteiger partial charge is 0.389 e. The molecule has 0 amide bonds. The van der Waals surface area contributed by atoms with Crippen LogP contribution in [0.5, 0.6) is 0 Å². The summed E-state index contributed by atoms with van der Waals surface area (Å²) in [4.78, 5) is 5.50. The first kappa shape index (κ1) is 14.6. The first-order valence-electron chi connectivity index (χ1n) is 6.17. The van der Waals surface area contributed by atoms with Gasteiger partial charge in [-0.05, 0) is 33.1 Å². The van der Waals surface area contributed by atoms with E-state index in [-0.39, 0.29) is 6.04 Å². The lowest BCUT2D eigenvalue weighted by Gasteiger charge is -2.27. The molecule has 0 saturated carbocycles. The zero-order valence-electron chi connectivity index (χ0n) is 11.4. The van der Waals surface area contributed by atoms with Crippen molar-refractivity contribution in [3.8, 4) is 0 Å². The second kappa shape index (κ2) is 5.94. The zero-order valence-corrected chi connectivity index (χ0v) is 12.3. The van der Waals surface area contributed by atoms with Gasteiger partial charge in [0, 0.05) is 17.5 Å². The smallest absolute Gasteiger partial charge is 0.0798 e. The molecule has 17 heavy (non-hydrogen) atoms. The quantitative estimate of drug-likeness (QED) is 0.822. The Hall–Kier alpha value is -0.450. The molecule has 1 heterocycles. The van der Waals surface area contributed by atoms with E-state index < -0.39 is 5.60 Å². The standard InChI is InChI=1S/C13H24N2OS/c1-9(2)6-13(5,16)7-14-10(3)12-11(4)15-8-17-12/h8-10,14,16H,6-7H2,1-5H3. The third kappa shape index (κ3) is 4.74. The van der Waals surface area contributed by atoms with Crippen molar-refractivity contribution in [2.24, 2.45) is 5.92 Å². The zero-order chi connectivity index (χ0) is 13.1. The Bertz CT molecular complexity index is 347. The molecular formula is C13H24N2OS. The molecule has 0 radical (unpaired) electrons. The summed E-state index contributed by atoms with van der Waals surface area (Å²) in [7, 11) is 0. The third-order valence-electron chi connectivity index (χ3n) is 2.81. The van der Waals surface area contributed by atoms with Crippen molar-refractivity contribution in [3.05, 3.63) is 16.1 Å². The summed E-state index contributed by atoms with van der Waals surface area (Å²) in [6.07, 6.45) is 0.814. The minimum atomic E-state index is -0.638. The Balaban J connectivity index is 2.48. The number of aryl methyl sites for hydroxylation is 1. The Morgan fingerprint density at radius 1 is 1.47 bits per heavy atom. The highest BCUT2D eigenvalue weighted by atomic mass is 32.1. The van der Waals surface area contributed by atoms with Crippen molar-refractivity contribution >= 4 is 11.3 Å². The number of thiazole rings is 1. The van der Waals surface area contributed by atoms with E-state index in [0.717, 1.165) is 12.1 Å². The fourth-order valence-corrected chi connectivity index (χ4v) is 2.98. The second-order valence-electron chi connectivity index (χ2n) is 5.50. The predicted octanol–water partition coefficient (Wildman–Crippen LogP) is 2.90. The fraction of sp³-hybridized carbons (Fsp3) is 0.769. The molecule has 0 fully saturated rings. The molecule has 1 rings (SSSR count). The van der Waals surface area contributed by atoms with Gasteiger partial charge in [-0.25, -0.2) is 4.98 Å². The first-order valence-corrected chi connectivity index (χ1v) is 7.05. The molecule has 0 bridgehead atoms. The first-order chi connectivity index (χ1) is 7.82. The van der Waals surface area contributed by atoms with Crippen molar-refractivity contribution in [1.29, 1.82) is 0 Å². The molecule has 2 atom stereocenters. The molecule has 1 aromatic heterocycles. The molecule has 0 saturated heterocycles. The third-order valence-corrected chi connectivity index (χ3v) is 3.93. The molecule has 4 heteroatoms. The average molecular weight is 256 g/mol. The van der Waals surface area contributed by atoms with E-state index in [4.69, 9.17) is 0 Å². The lowest BCUT2D eigenvalue weighted by molar-refractivity contribution is 0.0364. The Labute approximate surface area is 108 Å². The number of rotatable bonds is 6. The van der Waals surface area contributed by atoms with Gasteiger partial charge in [0.15, 0.2) is 0 Å². The molecule has 2 unspecified atom stereocenters. The van der Waals surface area contributed by atoms with Crippen LogP contribution in [0.2, 0.25) is 0 Å². The second-order valence-corrected chi connectivity index (χ2v) is 6.39. The summed E-state index contributed by atoms with van der Waals surface area (Å²) in [5.41, 5.74) is 2.31. The molecule has 0 aromatic carbocycles. The van der Waals surface area contributed by atoms with Crippen molar-refractivity contribution in [3.63, 3.8) is 0 Å². The highest BCUT2D eigenvalue weighted by molar-refractivity contribution is 7.09. The van der Waals surface area contributed by atoms with Gasteiger partial charge < -0.3 is 10.4 Å². The summed E-state index contributed by atoms with van der Waals surface area (Å²) in [5.74, 6) is 0.507. The molecule has 98 valence electrons. The maximum Gasteiger partial charge on any atom is 0.0798 e. The van der Waals surface area contributed by atoms with Gasteiger partial charge in [0.05, 0.1) is 16.8 Å². The van der Waals surface area contributed by atoms with E-state index in [1.54, 1.807) is 11.3 Å². The molecule has 0 spiro atoms. The number of aliphatic hydroxyl groups is 1. The van der Waals surface area contributed by atoms with E-state index in [1.807, 2.05) is 19.4 Å². The number of hydrogen-bond donors (Lipinski definition) is 2. The summed E-state index contributed by atoms with van der Waals surface area (Å²) in [5, 5.41) is 13.6. The van der Waals surface area contributed by atoms with Crippen molar-refractivity contribution < 1.29 is 5.11 Å². The van der Waals surface area contributed by atoms with Crippen LogP contribution in [0.15, 0.2) is 5.51 Å². The van der Waals surface area contributed by atoms with E-state index in [0.29, 0.717) is 12.5 Å². The Morgan fingerprint density at radius 2 is 2.12 bits per heavy atom. The molecule has 0 aliphatic heterocycles. The van der Waals surface area contributed by atoms with Crippen molar-refractivity contribution in [2.45, 2.75) is 52.7 Å². The summed E-state index contributed by atoms with van der Waals surface area (Å²) >= 11 is 1.67. The highest BCUT2D eigenvalue weighted by Gasteiger charge is 2.23. The van der Waals surface area contributed by atoms with E-state index in [2.05, 4.69) is 31.1 Å². The van der Waals surface area contributed by atoms with Crippen LogP contribution in [0.25, 0.3) is 0 Å². The minimum absolute atomic E-state index is 0.251.